The first-order valence-corrected chi connectivity index (χ1v) is 6.14. The van der Waals surface area contributed by atoms with Crippen LogP contribution >= 0.6 is 12.4 Å². The van der Waals surface area contributed by atoms with Crippen molar-refractivity contribution >= 4 is 18.3 Å². The molecule has 1 aromatic heterocycles. The van der Waals surface area contributed by atoms with E-state index in [9.17, 15) is 4.79 Å². The predicted molar refractivity (Wildman–Crippen MR) is 78.7 cm³/mol. The molecule has 2 rings (SSSR count). The Balaban J connectivity index is 0.00000200. The van der Waals surface area contributed by atoms with Gasteiger partial charge in [0.05, 0.1) is 6.54 Å². The van der Waals surface area contributed by atoms with Gasteiger partial charge in [0.2, 0.25) is 5.91 Å². The summed E-state index contributed by atoms with van der Waals surface area (Å²) in [5.74, 6) is 0.405. The molecule has 20 heavy (non-hydrogen) atoms. The lowest BCUT2D eigenvalue weighted by Gasteiger charge is -2.10. The maximum atomic E-state index is 11.7. The Bertz CT molecular complexity index is 543. The lowest BCUT2D eigenvalue weighted by molar-refractivity contribution is -0.124. The number of para-hydroxylation sites is 1. The van der Waals surface area contributed by atoms with Gasteiger partial charge < -0.3 is 11.1 Å². The standard InChI is InChI=1S/C13H17N5O.ClH/c1-10(7-14)13(19)15-8-12-17-16-9-18(12)11-5-3-2-4-6-11;/h2-6,9-10H,7-8,14H2,1H3,(H,15,19);1H. The molecule has 1 atom stereocenters. The number of rotatable bonds is 5. The molecule has 1 heterocycles. The number of nitrogens with two attached hydrogens (primary N) is 1. The summed E-state index contributed by atoms with van der Waals surface area (Å²) in [4.78, 5) is 11.7. The van der Waals surface area contributed by atoms with Gasteiger partial charge >= 0.3 is 0 Å². The van der Waals surface area contributed by atoms with Gasteiger partial charge in [-0.05, 0) is 12.1 Å². The van der Waals surface area contributed by atoms with Gasteiger partial charge in [-0.3, -0.25) is 9.36 Å². The van der Waals surface area contributed by atoms with Crippen molar-refractivity contribution in [2.45, 2.75) is 13.5 Å². The summed E-state index contributed by atoms with van der Waals surface area (Å²) < 4.78 is 1.84. The van der Waals surface area contributed by atoms with Crippen molar-refractivity contribution in [2.24, 2.45) is 11.7 Å². The van der Waals surface area contributed by atoms with Crippen LogP contribution in [0.5, 0.6) is 0 Å². The summed E-state index contributed by atoms with van der Waals surface area (Å²) >= 11 is 0. The molecule has 0 radical (unpaired) electrons. The molecule has 2 aromatic rings. The van der Waals surface area contributed by atoms with E-state index in [0.717, 1.165) is 5.69 Å². The van der Waals surface area contributed by atoms with Gasteiger partial charge in [0.1, 0.15) is 6.33 Å². The Morgan fingerprint density at radius 1 is 1.40 bits per heavy atom. The molecule has 1 aromatic carbocycles. The second-order valence-corrected chi connectivity index (χ2v) is 4.31. The third kappa shape index (κ3) is 3.79. The molecule has 0 bridgehead atoms. The Morgan fingerprint density at radius 2 is 2.10 bits per heavy atom. The molecule has 1 amide bonds. The highest BCUT2D eigenvalue weighted by Crippen LogP contribution is 2.08. The van der Waals surface area contributed by atoms with Gasteiger partial charge in [-0.15, -0.1) is 22.6 Å². The van der Waals surface area contributed by atoms with Gasteiger partial charge in [0, 0.05) is 18.2 Å². The van der Waals surface area contributed by atoms with Gasteiger partial charge in [-0.2, -0.15) is 0 Å². The topological polar surface area (TPSA) is 85.8 Å². The summed E-state index contributed by atoms with van der Waals surface area (Å²) in [7, 11) is 0. The highest BCUT2D eigenvalue weighted by Gasteiger charge is 2.12. The molecule has 108 valence electrons. The first kappa shape index (κ1) is 16.1. The summed E-state index contributed by atoms with van der Waals surface area (Å²) in [6.07, 6.45) is 1.63. The largest absolute Gasteiger partial charge is 0.349 e. The van der Waals surface area contributed by atoms with Crippen LogP contribution in [-0.4, -0.2) is 27.2 Å². The van der Waals surface area contributed by atoms with E-state index in [4.69, 9.17) is 5.73 Å². The molecule has 3 N–H and O–H groups in total. The van der Waals surface area contributed by atoms with Crippen LogP contribution in [0.2, 0.25) is 0 Å². The smallest absolute Gasteiger partial charge is 0.224 e. The number of benzene rings is 1. The normalized spacial score (nSPS) is 11.5. The second kappa shape index (κ2) is 7.62. The molecular weight excluding hydrogens is 278 g/mol. The van der Waals surface area contributed by atoms with Gasteiger partial charge in [0.25, 0.3) is 0 Å². The van der Waals surface area contributed by atoms with E-state index in [1.165, 1.54) is 0 Å². The van der Waals surface area contributed by atoms with E-state index in [0.29, 0.717) is 18.9 Å². The maximum absolute atomic E-state index is 11.7. The van der Waals surface area contributed by atoms with Crippen LogP contribution < -0.4 is 11.1 Å². The zero-order valence-electron chi connectivity index (χ0n) is 11.2. The second-order valence-electron chi connectivity index (χ2n) is 4.31. The monoisotopic (exact) mass is 295 g/mol. The number of halogens is 1. The highest BCUT2D eigenvalue weighted by molar-refractivity contribution is 5.85. The molecule has 0 aliphatic carbocycles. The van der Waals surface area contributed by atoms with Crippen LogP contribution in [0.1, 0.15) is 12.7 Å². The number of aromatic nitrogens is 3. The van der Waals surface area contributed by atoms with Crippen molar-refractivity contribution in [3.8, 4) is 5.69 Å². The molecule has 6 nitrogen and oxygen atoms in total. The molecular formula is C13H18ClN5O. The summed E-state index contributed by atoms with van der Waals surface area (Å²) in [5, 5.41) is 10.7. The SMILES string of the molecule is CC(CN)C(=O)NCc1nncn1-c1ccccc1.Cl. The first-order chi connectivity index (χ1) is 9.22. The van der Waals surface area contributed by atoms with E-state index in [-0.39, 0.29) is 24.2 Å². The zero-order chi connectivity index (χ0) is 13.7. The zero-order valence-corrected chi connectivity index (χ0v) is 12.0. The summed E-state index contributed by atoms with van der Waals surface area (Å²) in [6, 6.07) is 9.73. The van der Waals surface area contributed by atoms with Crippen molar-refractivity contribution in [3.63, 3.8) is 0 Å². The fraction of sp³-hybridized carbons (Fsp3) is 0.308. The Kier molecular flexibility index (Phi) is 6.14. The van der Waals surface area contributed by atoms with E-state index in [2.05, 4.69) is 15.5 Å². The highest BCUT2D eigenvalue weighted by atomic mass is 35.5. The third-order valence-corrected chi connectivity index (χ3v) is 2.87. The van der Waals surface area contributed by atoms with E-state index < -0.39 is 0 Å². The predicted octanol–water partition coefficient (Wildman–Crippen LogP) is 0.900. The van der Waals surface area contributed by atoms with E-state index in [1.807, 2.05) is 34.9 Å². The number of nitrogens with zero attached hydrogens (tertiary/aromatic N) is 3. The minimum absolute atomic E-state index is 0. The molecule has 0 saturated carbocycles. The number of carbonyl (C=O) groups is 1. The molecule has 0 fully saturated rings. The van der Waals surface area contributed by atoms with Crippen LogP contribution in [-0.2, 0) is 11.3 Å². The van der Waals surface area contributed by atoms with Crippen molar-refractivity contribution in [1.29, 1.82) is 0 Å². The minimum Gasteiger partial charge on any atom is -0.349 e. The minimum atomic E-state index is -0.201. The van der Waals surface area contributed by atoms with Gasteiger partial charge in [-0.1, -0.05) is 25.1 Å². The Morgan fingerprint density at radius 3 is 2.75 bits per heavy atom. The molecule has 0 aliphatic heterocycles. The number of amides is 1. The summed E-state index contributed by atoms with van der Waals surface area (Å²) in [6.45, 7) is 2.45. The Hall–Kier alpha value is -1.92. The molecule has 0 spiro atoms. The fourth-order valence-corrected chi connectivity index (χ4v) is 1.63. The average molecular weight is 296 g/mol. The number of carbonyl (C=O) groups excluding carboxylic acids is 1. The quantitative estimate of drug-likeness (QED) is 0.858. The van der Waals surface area contributed by atoms with Crippen molar-refractivity contribution in [1.82, 2.24) is 20.1 Å². The third-order valence-electron chi connectivity index (χ3n) is 2.87. The van der Waals surface area contributed by atoms with Crippen molar-refractivity contribution < 1.29 is 4.79 Å². The Labute approximate surface area is 123 Å². The van der Waals surface area contributed by atoms with Gasteiger partial charge in [-0.25, -0.2) is 0 Å². The van der Waals surface area contributed by atoms with Crippen LogP contribution in [0.3, 0.4) is 0 Å². The fourth-order valence-electron chi connectivity index (χ4n) is 1.63. The lowest BCUT2D eigenvalue weighted by Crippen LogP contribution is -2.33. The number of hydrogen-bond acceptors (Lipinski definition) is 4. The maximum Gasteiger partial charge on any atom is 0.224 e. The number of nitrogens with one attached hydrogen (secondary N) is 1. The first-order valence-electron chi connectivity index (χ1n) is 6.14. The van der Waals surface area contributed by atoms with Crippen molar-refractivity contribution in [2.75, 3.05) is 6.54 Å². The average Bonchev–Trinajstić information content (AvgIpc) is 2.93. The molecule has 1 unspecified atom stereocenters. The van der Waals surface area contributed by atoms with Crippen molar-refractivity contribution in [3.05, 3.63) is 42.5 Å². The molecule has 7 heteroatoms. The van der Waals surface area contributed by atoms with E-state index >= 15 is 0 Å². The number of hydrogen-bond donors (Lipinski definition) is 2. The molecule has 0 aliphatic rings. The van der Waals surface area contributed by atoms with Crippen LogP contribution in [0.25, 0.3) is 5.69 Å². The molecule has 0 saturated heterocycles. The lowest BCUT2D eigenvalue weighted by atomic mass is 10.2. The van der Waals surface area contributed by atoms with Crippen LogP contribution in [0.4, 0.5) is 0 Å². The van der Waals surface area contributed by atoms with Crippen LogP contribution in [0.15, 0.2) is 36.7 Å². The summed E-state index contributed by atoms with van der Waals surface area (Å²) in [5.41, 5.74) is 6.41. The van der Waals surface area contributed by atoms with E-state index in [1.54, 1.807) is 13.3 Å². The van der Waals surface area contributed by atoms with Gasteiger partial charge in [0.15, 0.2) is 5.82 Å². The van der Waals surface area contributed by atoms with Crippen LogP contribution in [0, 0.1) is 5.92 Å².